The zero-order valence-electron chi connectivity index (χ0n) is 27.0. The standard InChI is InChI=1S/C35H34F4N6O4/c1-34(2,3)49-30(46)18-23-16-24(36)9-10-26(23)41-32(47)22-8-11-29(44-14-12-21(19-40)13-15-44)27(17-22)42-33(48)31-25-6-4-5-7-28(25)45(43-31)20-35(37,38)39/h4-11,16-17,21H,12-15,18,20H2,1-3H3,(H,41,47)(H,42,48). The Kier molecular flexibility index (Phi) is 9.93. The van der Waals surface area contributed by atoms with Gasteiger partial charge in [-0.3, -0.25) is 19.1 Å². The molecule has 2 heterocycles. The first kappa shape index (κ1) is 34.9. The minimum atomic E-state index is -4.58. The molecule has 3 aromatic carbocycles. The maximum Gasteiger partial charge on any atom is 0.408 e. The van der Waals surface area contributed by atoms with Gasteiger partial charge in [0.2, 0.25) is 0 Å². The zero-order valence-corrected chi connectivity index (χ0v) is 27.0. The van der Waals surface area contributed by atoms with Gasteiger partial charge in [-0.25, -0.2) is 4.39 Å². The number of nitriles is 1. The molecule has 1 fully saturated rings. The number of rotatable bonds is 8. The van der Waals surface area contributed by atoms with Crippen molar-refractivity contribution in [1.29, 1.82) is 5.26 Å². The number of piperidine rings is 1. The van der Waals surface area contributed by atoms with Crippen molar-refractivity contribution in [3.8, 4) is 6.07 Å². The Morgan fingerprint density at radius 1 is 0.959 bits per heavy atom. The molecule has 0 unspecified atom stereocenters. The summed E-state index contributed by atoms with van der Waals surface area (Å²) < 4.78 is 60.2. The van der Waals surface area contributed by atoms with E-state index in [0.717, 1.165) is 16.8 Å². The average molecular weight is 679 g/mol. The topological polar surface area (TPSA) is 129 Å². The lowest BCUT2D eigenvalue weighted by atomic mass is 9.97. The molecular formula is C35H34F4N6O4. The molecule has 0 saturated carbocycles. The second-order valence-electron chi connectivity index (χ2n) is 12.7. The fraction of sp³-hybridized carbons (Fsp3) is 0.343. The summed E-state index contributed by atoms with van der Waals surface area (Å²) in [6.45, 7) is 4.66. The summed E-state index contributed by atoms with van der Waals surface area (Å²) in [6.07, 6.45) is -3.74. The Labute approximate surface area is 279 Å². The number of nitrogens with zero attached hydrogens (tertiary/aromatic N) is 4. The molecule has 2 N–H and O–H groups in total. The highest BCUT2D eigenvalue weighted by Crippen LogP contribution is 2.33. The highest BCUT2D eigenvalue weighted by atomic mass is 19.4. The van der Waals surface area contributed by atoms with Crippen LogP contribution in [-0.2, 0) is 22.5 Å². The normalized spacial score (nSPS) is 14.0. The van der Waals surface area contributed by atoms with Crippen LogP contribution in [0.2, 0.25) is 0 Å². The Morgan fingerprint density at radius 3 is 2.33 bits per heavy atom. The molecule has 5 rings (SSSR count). The quantitative estimate of drug-likeness (QED) is 0.154. The van der Waals surface area contributed by atoms with Gasteiger partial charge in [0.25, 0.3) is 11.8 Å². The predicted molar refractivity (Wildman–Crippen MR) is 175 cm³/mol. The van der Waals surface area contributed by atoms with Crippen LogP contribution in [0.25, 0.3) is 10.9 Å². The van der Waals surface area contributed by atoms with Crippen LogP contribution >= 0.6 is 0 Å². The molecule has 0 atom stereocenters. The van der Waals surface area contributed by atoms with Gasteiger partial charge in [-0.1, -0.05) is 18.2 Å². The lowest BCUT2D eigenvalue weighted by Crippen LogP contribution is -2.34. The molecule has 1 saturated heterocycles. The van der Waals surface area contributed by atoms with E-state index in [4.69, 9.17) is 4.74 Å². The number of aromatic nitrogens is 2. The number of esters is 1. The Balaban J connectivity index is 1.46. The molecule has 0 spiro atoms. The number of amides is 2. The van der Waals surface area contributed by atoms with Crippen LogP contribution in [0.15, 0.2) is 60.7 Å². The maximum atomic E-state index is 14.2. The van der Waals surface area contributed by atoms with Crippen LogP contribution in [0.4, 0.5) is 34.6 Å². The van der Waals surface area contributed by atoms with Crippen LogP contribution in [0.1, 0.15) is 60.0 Å². The van der Waals surface area contributed by atoms with Crippen molar-refractivity contribution in [2.75, 3.05) is 28.6 Å². The number of halogens is 4. The number of hydrogen-bond donors (Lipinski definition) is 2. The van der Waals surface area contributed by atoms with Gasteiger partial charge in [0.05, 0.1) is 29.4 Å². The number of benzene rings is 3. The van der Waals surface area contributed by atoms with Crippen molar-refractivity contribution >= 4 is 45.7 Å². The first-order chi connectivity index (χ1) is 23.1. The minimum absolute atomic E-state index is 0.0889. The molecule has 1 aromatic heterocycles. The van der Waals surface area contributed by atoms with Crippen molar-refractivity contribution in [2.45, 2.75) is 58.4 Å². The predicted octanol–water partition coefficient (Wildman–Crippen LogP) is 6.87. The summed E-state index contributed by atoms with van der Waals surface area (Å²) >= 11 is 0. The SMILES string of the molecule is CC(C)(C)OC(=O)Cc1cc(F)ccc1NC(=O)c1ccc(N2CCC(C#N)CC2)c(NC(=O)c2nn(CC(F)(F)F)c3ccccc23)c1. The molecule has 1 aliphatic heterocycles. The summed E-state index contributed by atoms with van der Waals surface area (Å²) in [4.78, 5) is 41.7. The second kappa shape index (κ2) is 14.0. The summed E-state index contributed by atoms with van der Waals surface area (Å²) in [5.74, 6) is -2.79. The molecule has 10 nitrogen and oxygen atoms in total. The molecule has 2 amide bonds. The Hall–Kier alpha value is -5.45. The summed E-state index contributed by atoms with van der Waals surface area (Å²) in [5, 5.41) is 19.0. The van der Waals surface area contributed by atoms with Crippen LogP contribution < -0.4 is 15.5 Å². The van der Waals surface area contributed by atoms with E-state index in [1.807, 2.05) is 4.90 Å². The highest BCUT2D eigenvalue weighted by Gasteiger charge is 2.31. The van der Waals surface area contributed by atoms with Crippen LogP contribution in [0, 0.1) is 23.1 Å². The largest absolute Gasteiger partial charge is 0.460 e. The lowest BCUT2D eigenvalue weighted by Gasteiger charge is -2.32. The highest BCUT2D eigenvalue weighted by molar-refractivity contribution is 6.13. The Morgan fingerprint density at radius 2 is 1.65 bits per heavy atom. The van der Waals surface area contributed by atoms with E-state index < -0.39 is 41.9 Å². The summed E-state index contributed by atoms with van der Waals surface area (Å²) in [5.41, 5.74) is 0.291. The molecule has 0 radical (unpaired) electrons. The first-order valence-corrected chi connectivity index (χ1v) is 15.5. The van der Waals surface area contributed by atoms with Gasteiger partial charge in [0, 0.05) is 35.6 Å². The number of ether oxygens (including phenoxy) is 1. The van der Waals surface area contributed by atoms with E-state index in [2.05, 4.69) is 21.8 Å². The second-order valence-corrected chi connectivity index (χ2v) is 12.7. The van der Waals surface area contributed by atoms with Gasteiger partial charge < -0.3 is 20.3 Å². The number of carbonyl (C=O) groups excluding carboxylic acids is 3. The fourth-order valence-corrected chi connectivity index (χ4v) is 5.63. The fourth-order valence-electron chi connectivity index (χ4n) is 5.63. The lowest BCUT2D eigenvalue weighted by molar-refractivity contribution is -0.154. The van der Waals surface area contributed by atoms with Gasteiger partial charge in [0.1, 0.15) is 18.0 Å². The van der Waals surface area contributed by atoms with E-state index in [9.17, 15) is 37.2 Å². The molecular weight excluding hydrogens is 644 g/mol. The van der Waals surface area contributed by atoms with Crippen molar-refractivity contribution in [3.63, 3.8) is 0 Å². The number of alkyl halides is 3. The third-order valence-corrected chi connectivity index (χ3v) is 7.80. The van der Waals surface area contributed by atoms with Gasteiger partial charge in [-0.05, 0) is 81.6 Å². The molecule has 4 aromatic rings. The third kappa shape index (κ3) is 8.72. The van der Waals surface area contributed by atoms with Crippen molar-refractivity contribution in [2.24, 2.45) is 5.92 Å². The van der Waals surface area contributed by atoms with Crippen LogP contribution in [0.5, 0.6) is 0 Å². The number of carbonyl (C=O) groups is 3. The Bertz CT molecular complexity index is 1940. The van der Waals surface area contributed by atoms with Gasteiger partial charge in [0.15, 0.2) is 5.69 Å². The van der Waals surface area contributed by atoms with E-state index in [1.165, 1.54) is 30.3 Å². The van der Waals surface area contributed by atoms with Crippen molar-refractivity contribution in [3.05, 3.63) is 83.3 Å². The van der Waals surface area contributed by atoms with E-state index >= 15 is 0 Å². The number of nitrogens with one attached hydrogen (secondary N) is 2. The molecule has 1 aliphatic rings. The monoisotopic (exact) mass is 678 g/mol. The van der Waals surface area contributed by atoms with Crippen molar-refractivity contribution < 1.29 is 36.7 Å². The van der Waals surface area contributed by atoms with Crippen LogP contribution in [0.3, 0.4) is 0 Å². The molecule has 256 valence electrons. The van der Waals surface area contributed by atoms with Crippen molar-refractivity contribution in [1.82, 2.24) is 9.78 Å². The summed E-state index contributed by atoms with van der Waals surface area (Å²) in [6, 6.07) is 16.5. The first-order valence-electron chi connectivity index (χ1n) is 15.5. The van der Waals surface area contributed by atoms with E-state index in [-0.39, 0.29) is 51.4 Å². The third-order valence-electron chi connectivity index (χ3n) is 7.80. The molecule has 0 aliphatic carbocycles. The van der Waals surface area contributed by atoms with Gasteiger partial charge >= 0.3 is 12.1 Å². The molecule has 14 heteroatoms. The maximum absolute atomic E-state index is 14.2. The number of anilines is 3. The van der Waals surface area contributed by atoms with E-state index in [1.54, 1.807) is 39.0 Å². The van der Waals surface area contributed by atoms with Crippen LogP contribution in [-0.4, -0.2) is 52.4 Å². The number of hydrogen-bond acceptors (Lipinski definition) is 7. The van der Waals surface area contributed by atoms with E-state index in [0.29, 0.717) is 31.6 Å². The minimum Gasteiger partial charge on any atom is -0.460 e. The summed E-state index contributed by atoms with van der Waals surface area (Å²) in [7, 11) is 0. The molecule has 0 bridgehead atoms. The number of para-hydroxylation sites is 1. The van der Waals surface area contributed by atoms with Gasteiger partial charge in [-0.2, -0.15) is 23.5 Å². The van der Waals surface area contributed by atoms with Gasteiger partial charge in [-0.15, -0.1) is 0 Å². The zero-order chi connectivity index (χ0) is 35.5. The molecule has 49 heavy (non-hydrogen) atoms. The smallest absolute Gasteiger partial charge is 0.408 e. The average Bonchev–Trinajstić information content (AvgIpc) is 3.38. The number of fused-ring (bicyclic) bond motifs is 1.